The number of nitrogens with zero attached hydrogens (tertiary/aromatic N) is 2. The summed E-state index contributed by atoms with van der Waals surface area (Å²) in [6, 6.07) is 4.80. The molecular weight excluding hydrogens is 315 g/mol. The lowest BCUT2D eigenvalue weighted by Gasteiger charge is -2.22. The fraction of sp³-hybridized carbons (Fsp3) is 0.500. The van der Waals surface area contributed by atoms with Gasteiger partial charge in [-0.1, -0.05) is 0 Å². The van der Waals surface area contributed by atoms with Crippen molar-refractivity contribution in [2.75, 3.05) is 23.1 Å². The summed E-state index contributed by atoms with van der Waals surface area (Å²) in [6.45, 7) is 0.893. The first kappa shape index (κ1) is 14.5. The van der Waals surface area contributed by atoms with Crippen molar-refractivity contribution < 1.29 is 4.39 Å². The summed E-state index contributed by atoms with van der Waals surface area (Å²) in [7, 11) is 0. The smallest absolute Gasteiger partial charge is 0.125 e. The van der Waals surface area contributed by atoms with Crippen molar-refractivity contribution in [3.05, 3.63) is 29.8 Å². The van der Waals surface area contributed by atoms with Gasteiger partial charge in [0.2, 0.25) is 0 Å². The van der Waals surface area contributed by atoms with Crippen molar-refractivity contribution in [3.63, 3.8) is 0 Å². The molecule has 0 radical (unpaired) electrons. The maximum atomic E-state index is 13.5. The molecule has 0 amide bonds. The van der Waals surface area contributed by atoms with Crippen molar-refractivity contribution in [1.29, 1.82) is 0 Å². The number of thioether (sulfide) groups is 2. The van der Waals surface area contributed by atoms with Crippen LogP contribution in [0.5, 0.6) is 0 Å². The number of benzene rings is 1. The van der Waals surface area contributed by atoms with Gasteiger partial charge in [-0.15, -0.1) is 11.6 Å². The maximum Gasteiger partial charge on any atom is 0.125 e. The first-order chi connectivity index (χ1) is 9.78. The number of imidazole rings is 1. The molecule has 2 aromatic rings. The van der Waals surface area contributed by atoms with Crippen molar-refractivity contribution in [1.82, 2.24) is 9.55 Å². The molecular formula is C14H16ClFN2S2. The third-order valence-corrected chi connectivity index (χ3v) is 6.39. The number of aryl methyl sites for hydroxylation is 1. The highest BCUT2D eigenvalue weighted by Gasteiger charge is 2.19. The molecule has 1 atom stereocenters. The topological polar surface area (TPSA) is 17.8 Å². The van der Waals surface area contributed by atoms with Crippen LogP contribution in [0.4, 0.5) is 4.39 Å². The first-order valence-electron chi connectivity index (χ1n) is 6.68. The Morgan fingerprint density at radius 2 is 2.30 bits per heavy atom. The third kappa shape index (κ3) is 3.10. The van der Waals surface area contributed by atoms with Gasteiger partial charge in [0.25, 0.3) is 0 Å². The van der Waals surface area contributed by atoms with Crippen molar-refractivity contribution in [2.24, 2.45) is 0 Å². The Kier molecular flexibility index (Phi) is 4.79. The molecule has 1 unspecified atom stereocenters. The van der Waals surface area contributed by atoms with Crippen LogP contribution >= 0.6 is 35.1 Å². The highest BCUT2D eigenvalue weighted by molar-refractivity contribution is 8.06. The van der Waals surface area contributed by atoms with E-state index in [1.165, 1.54) is 17.6 Å². The first-order valence-corrected chi connectivity index (χ1v) is 9.41. The zero-order chi connectivity index (χ0) is 13.9. The molecule has 108 valence electrons. The van der Waals surface area contributed by atoms with Crippen LogP contribution in [0.15, 0.2) is 18.2 Å². The molecule has 0 bridgehead atoms. The SMILES string of the molecule is Fc1ccc2nc(CCCl)n(CC3CSCCS3)c2c1. The largest absolute Gasteiger partial charge is 0.327 e. The number of hydrogen-bond acceptors (Lipinski definition) is 3. The number of hydrogen-bond donors (Lipinski definition) is 0. The summed E-state index contributed by atoms with van der Waals surface area (Å²) in [6.07, 6.45) is 0.725. The molecule has 1 aliphatic rings. The zero-order valence-corrected chi connectivity index (χ0v) is 13.4. The van der Waals surface area contributed by atoms with Gasteiger partial charge in [0, 0.05) is 41.4 Å². The number of rotatable bonds is 4. The van der Waals surface area contributed by atoms with Gasteiger partial charge < -0.3 is 4.57 Å². The molecule has 1 aromatic carbocycles. The normalized spacial score (nSPS) is 19.6. The van der Waals surface area contributed by atoms with E-state index in [4.69, 9.17) is 11.6 Å². The van der Waals surface area contributed by atoms with E-state index >= 15 is 0 Å². The lowest BCUT2D eigenvalue weighted by molar-refractivity contribution is 0.626. The molecule has 6 heteroatoms. The fourth-order valence-corrected chi connectivity index (χ4v) is 5.29. The minimum atomic E-state index is -0.207. The monoisotopic (exact) mass is 330 g/mol. The molecule has 0 spiro atoms. The van der Waals surface area contributed by atoms with E-state index in [0.29, 0.717) is 11.1 Å². The standard InChI is InChI=1S/C14H16ClFN2S2/c15-4-3-14-17-12-2-1-10(16)7-13(12)18(14)8-11-9-19-5-6-20-11/h1-2,7,11H,3-6,8-9H2. The molecule has 1 aromatic heterocycles. The summed E-state index contributed by atoms with van der Waals surface area (Å²) < 4.78 is 15.7. The van der Waals surface area contributed by atoms with Crippen LogP contribution in [0, 0.1) is 5.82 Å². The molecule has 2 heterocycles. The highest BCUT2D eigenvalue weighted by Crippen LogP contribution is 2.27. The second-order valence-corrected chi connectivity index (χ2v) is 7.71. The van der Waals surface area contributed by atoms with Gasteiger partial charge in [0.15, 0.2) is 0 Å². The molecule has 0 N–H and O–H groups in total. The van der Waals surface area contributed by atoms with Crippen LogP contribution in [-0.2, 0) is 13.0 Å². The molecule has 1 saturated heterocycles. The number of alkyl halides is 1. The Morgan fingerprint density at radius 3 is 3.05 bits per heavy atom. The van der Waals surface area contributed by atoms with E-state index in [-0.39, 0.29) is 5.82 Å². The summed E-state index contributed by atoms with van der Waals surface area (Å²) in [5.74, 6) is 4.88. The summed E-state index contributed by atoms with van der Waals surface area (Å²) in [5, 5.41) is 0.573. The lowest BCUT2D eigenvalue weighted by Crippen LogP contribution is -2.21. The van der Waals surface area contributed by atoms with Crippen LogP contribution in [0.3, 0.4) is 0 Å². The number of fused-ring (bicyclic) bond motifs is 1. The Hall–Kier alpha value is -0.390. The van der Waals surface area contributed by atoms with E-state index < -0.39 is 0 Å². The average molecular weight is 331 g/mol. The Balaban J connectivity index is 1.96. The van der Waals surface area contributed by atoms with Crippen LogP contribution in [0.25, 0.3) is 11.0 Å². The highest BCUT2D eigenvalue weighted by atomic mass is 35.5. The predicted molar refractivity (Wildman–Crippen MR) is 87.7 cm³/mol. The minimum absolute atomic E-state index is 0.207. The zero-order valence-electron chi connectivity index (χ0n) is 11.0. The molecule has 1 fully saturated rings. The second kappa shape index (κ2) is 6.58. The van der Waals surface area contributed by atoms with Gasteiger partial charge in [-0.3, -0.25) is 0 Å². The van der Waals surface area contributed by atoms with E-state index in [9.17, 15) is 4.39 Å². The van der Waals surface area contributed by atoms with E-state index in [1.807, 2.05) is 23.5 Å². The molecule has 0 aliphatic carbocycles. The summed E-state index contributed by atoms with van der Waals surface area (Å²) in [4.78, 5) is 4.60. The Labute approximate surface area is 131 Å². The number of aromatic nitrogens is 2. The van der Waals surface area contributed by atoms with Gasteiger partial charge in [0.1, 0.15) is 11.6 Å². The van der Waals surface area contributed by atoms with Gasteiger partial charge >= 0.3 is 0 Å². The molecule has 2 nitrogen and oxygen atoms in total. The minimum Gasteiger partial charge on any atom is -0.327 e. The van der Waals surface area contributed by atoms with Gasteiger partial charge in [0.05, 0.1) is 11.0 Å². The van der Waals surface area contributed by atoms with Crippen LogP contribution in [0.1, 0.15) is 5.82 Å². The maximum absolute atomic E-state index is 13.5. The quantitative estimate of drug-likeness (QED) is 0.794. The van der Waals surface area contributed by atoms with Crippen LogP contribution in [0.2, 0.25) is 0 Å². The Bertz CT molecular complexity index is 596. The van der Waals surface area contributed by atoms with Crippen LogP contribution < -0.4 is 0 Å². The van der Waals surface area contributed by atoms with Gasteiger partial charge in [-0.05, 0) is 18.2 Å². The van der Waals surface area contributed by atoms with Crippen molar-refractivity contribution >= 4 is 46.2 Å². The molecule has 20 heavy (non-hydrogen) atoms. The summed E-state index contributed by atoms with van der Waals surface area (Å²) in [5.41, 5.74) is 1.75. The van der Waals surface area contributed by atoms with Gasteiger partial charge in [-0.2, -0.15) is 23.5 Å². The summed E-state index contributed by atoms with van der Waals surface area (Å²) >= 11 is 9.88. The van der Waals surface area contributed by atoms with Gasteiger partial charge in [-0.25, -0.2) is 9.37 Å². The molecule has 0 saturated carbocycles. The van der Waals surface area contributed by atoms with Crippen molar-refractivity contribution in [3.8, 4) is 0 Å². The lowest BCUT2D eigenvalue weighted by atomic mass is 10.3. The average Bonchev–Trinajstić information content (AvgIpc) is 2.78. The second-order valence-electron chi connectivity index (χ2n) is 4.78. The third-order valence-electron chi connectivity index (χ3n) is 3.38. The van der Waals surface area contributed by atoms with Crippen molar-refractivity contribution in [2.45, 2.75) is 18.2 Å². The van der Waals surface area contributed by atoms with E-state index in [1.54, 1.807) is 12.1 Å². The van der Waals surface area contributed by atoms with E-state index in [2.05, 4.69) is 9.55 Å². The number of halogens is 2. The van der Waals surface area contributed by atoms with E-state index in [0.717, 1.165) is 35.6 Å². The van der Waals surface area contributed by atoms with Crippen LogP contribution in [-0.4, -0.2) is 37.9 Å². The molecule has 3 rings (SSSR count). The Morgan fingerprint density at radius 1 is 1.40 bits per heavy atom. The fourth-order valence-electron chi connectivity index (χ4n) is 2.47. The predicted octanol–water partition coefficient (Wildman–Crippen LogP) is 3.81. The molecule has 1 aliphatic heterocycles.